The fraction of sp³-hybridized carbons (Fsp3) is 0.500. The molecule has 1 N–H and O–H groups in total. The topological polar surface area (TPSA) is 78.6 Å². The average Bonchev–Trinajstić information content (AvgIpc) is 3.08. The van der Waals surface area contributed by atoms with E-state index in [4.69, 9.17) is 0 Å². The summed E-state index contributed by atoms with van der Waals surface area (Å²) in [5.41, 5.74) is 1.79. The van der Waals surface area contributed by atoms with Gasteiger partial charge in [-0.2, -0.15) is 5.10 Å². The van der Waals surface area contributed by atoms with E-state index < -0.39 is 11.2 Å². The van der Waals surface area contributed by atoms with Gasteiger partial charge in [0, 0.05) is 56.7 Å². The van der Waals surface area contributed by atoms with Crippen molar-refractivity contribution < 1.29 is 0 Å². The van der Waals surface area contributed by atoms with Crippen LogP contribution in [0.25, 0.3) is 11.2 Å². The van der Waals surface area contributed by atoms with Crippen molar-refractivity contribution in [3.63, 3.8) is 0 Å². The molecule has 0 spiro atoms. The zero-order valence-electron chi connectivity index (χ0n) is 18.1. The van der Waals surface area contributed by atoms with Crippen LogP contribution in [0, 0.1) is 5.92 Å². The largest absolute Gasteiger partial charge is 0.333 e. The maximum absolute atomic E-state index is 12.2. The molecule has 0 unspecified atom stereocenters. The summed E-state index contributed by atoms with van der Waals surface area (Å²) < 4.78 is 3.17. The summed E-state index contributed by atoms with van der Waals surface area (Å²) in [5.74, 6) is 0.667. The Bertz CT molecular complexity index is 1130. The Hall–Kier alpha value is -2.71. The number of hydrogen-bond donors (Lipinski definition) is 1. The molecule has 1 aliphatic heterocycles. The van der Waals surface area contributed by atoms with E-state index >= 15 is 0 Å². The summed E-state index contributed by atoms with van der Waals surface area (Å²) in [6.07, 6.45) is 5.06. The summed E-state index contributed by atoms with van der Waals surface area (Å²) in [6, 6.07) is 6.54. The van der Waals surface area contributed by atoms with Crippen molar-refractivity contribution in [3.05, 3.63) is 63.2 Å². The van der Waals surface area contributed by atoms with E-state index in [2.05, 4.69) is 59.7 Å². The van der Waals surface area contributed by atoms with Crippen molar-refractivity contribution in [1.82, 2.24) is 29.0 Å². The lowest BCUT2D eigenvalue weighted by Crippen LogP contribution is -2.57. The van der Waals surface area contributed by atoms with Gasteiger partial charge in [-0.25, -0.2) is 9.31 Å². The van der Waals surface area contributed by atoms with Crippen LogP contribution in [0.2, 0.25) is 0 Å². The minimum Gasteiger partial charge on any atom is -0.296 e. The Kier molecular flexibility index (Phi) is 5.62. The number of hydrogen-bond acceptors (Lipinski definition) is 5. The number of aromatic amines is 1. The molecule has 4 heterocycles. The Morgan fingerprint density at radius 2 is 1.87 bits per heavy atom. The number of piperazine rings is 1. The van der Waals surface area contributed by atoms with E-state index in [1.165, 1.54) is 22.4 Å². The van der Waals surface area contributed by atoms with Gasteiger partial charge in [0.05, 0.1) is 17.4 Å². The van der Waals surface area contributed by atoms with Gasteiger partial charge in [0.25, 0.3) is 5.56 Å². The van der Waals surface area contributed by atoms with Gasteiger partial charge in [-0.05, 0) is 37.5 Å². The van der Waals surface area contributed by atoms with Crippen LogP contribution >= 0.6 is 0 Å². The normalized spacial score (nSPS) is 21.0. The van der Waals surface area contributed by atoms with Gasteiger partial charge in [0.1, 0.15) is 0 Å². The zero-order valence-corrected chi connectivity index (χ0v) is 18.1. The van der Waals surface area contributed by atoms with Gasteiger partial charge >= 0.3 is 5.69 Å². The van der Waals surface area contributed by atoms with E-state index in [0.29, 0.717) is 23.7 Å². The number of H-pyrrole nitrogens is 1. The molecule has 1 aliphatic rings. The summed E-state index contributed by atoms with van der Waals surface area (Å²) in [4.78, 5) is 31.0. The van der Waals surface area contributed by atoms with E-state index in [9.17, 15) is 9.59 Å². The maximum atomic E-state index is 12.2. The maximum Gasteiger partial charge on any atom is 0.333 e. The first-order valence-corrected chi connectivity index (χ1v) is 10.6. The van der Waals surface area contributed by atoms with E-state index in [0.717, 1.165) is 31.7 Å². The fourth-order valence-electron chi connectivity index (χ4n) is 4.54. The average molecular weight is 411 g/mol. The Morgan fingerprint density at radius 1 is 1.13 bits per heavy atom. The van der Waals surface area contributed by atoms with E-state index in [-0.39, 0.29) is 0 Å². The second-order valence-corrected chi connectivity index (χ2v) is 8.86. The molecule has 8 heteroatoms. The van der Waals surface area contributed by atoms with Crippen LogP contribution < -0.4 is 11.2 Å². The molecule has 0 aliphatic carbocycles. The Morgan fingerprint density at radius 3 is 2.53 bits per heavy atom. The van der Waals surface area contributed by atoms with Crippen molar-refractivity contribution >= 4 is 5.52 Å². The molecule has 0 saturated carbocycles. The number of rotatable bonds is 5. The highest BCUT2D eigenvalue weighted by molar-refractivity contribution is 5.64. The molecule has 160 valence electrons. The molecular formula is C22H30N6O2. The monoisotopic (exact) mass is 410 g/mol. The van der Waals surface area contributed by atoms with Crippen LogP contribution in [-0.2, 0) is 6.54 Å². The highest BCUT2D eigenvalue weighted by Crippen LogP contribution is 2.21. The number of nitrogens with zero attached hydrogens (tertiary/aromatic N) is 5. The number of aromatic nitrogens is 4. The van der Waals surface area contributed by atoms with Crippen LogP contribution in [0.1, 0.15) is 33.3 Å². The molecule has 0 amide bonds. The minimum absolute atomic E-state index is 0.409. The van der Waals surface area contributed by atoms with Crippen LogP contribution in [0.5, 0.6) is 0 Å². The lowest BCUT2D eigenvalue weighted by molar-refractivity contribution is 0.0271. The molecule has 0 aromatic carbocycles. The lowest BCUT2D eigenvalue weighted by Gasteiger charge is -2.45. The predicted octanol–water partition coefficient (Wildman–Crippen LogP) is 1.72. The molecule has 1 saturated heterocycles. The molecule has 0 radical (unpaired) electrons. The second-order valence-electron chi connectivity index (χ2n) is 8.86. The third kappa shape index (κ3) is 4.11. The molecule has 2 atom stereocenters. The lowest BCUT2D eigenvalue weighted by atomic mass is 10.0. The van der Waals surface area contributed by atoms with Gasteiger partial charge in [0.2, 0.25) is 0 Å². The molecule has 0 bridgehead atoms. The predicted molar refractivity (Wildman–Crippen MR) is 117 cm³/mol. The first-order chi connectivity index (χ1) is 14.3. The van der Waals surface area contributed by atoms with Gasteiger partial charge in [-0.1, -0.05) is 13.8 Å². The standard InChI is InChI=1S/C22H30N6O2/c1-15(2)11-27-16(3)12-25(13-17(27)4)14-18-5-8-28-19(9-18)20(10-23-28)26-7-6-21(29)24-22(26)30/h5-10,15-17H,11-14H2,1-4H3,(H,24,29,30)/t16-,17+. The molecule has 4 rings (SSSR count). The summed E-state index contributed by atoms with van der Waals surface area (Å²) in [7, 11) is 0. The third-order valence-electron chi connectivity index (χ3n) is 5.81. The summed E-state index contributed by atoms with van der Waals surface area (Å²) in [5, 5.41) is 4.35. The molecule has 1 fully saturated rings. The molecule has 3 aromatic rings. The summed E-state index contributed by atoms with van der Waals surface area (Å²) in [6.45, 7) is 13.2. The number of nitrogens with one attached hydrogen (secondary N) is 1. The van der Waals surface area contributed by atoms with Crippen molar-refractivity contribution in [2.75, 3.05) is 19.6 Å². The number of fused-ring (bicyclic) bond motifs is 1. The Balaban J connectivity index is 1.57. The SMILES string of the molecule is CC(C)CN1[C@H](C)CN(Cc2ccn3ncc(-n4ccc(=O)[nH]c4=O)c3c2)C[C@@H]1C. The van der Waals surface area contributed by atoms with Crippen molar-refractivity contribution in [2.24, 2.45) is 5.92 Å². The smallest absolute Gasteiger partial charge is 0.296 e. The highest BCUT2D eigenvalue weighted by Gasteiger charge is 2.29. The third-order valence-corrected chi connectivity index (χ3v) is 5.81. The quantitative estimate of drug-likeness (QED) is 0.693. The van der Waals surface area contributed by atoms with Crippen molar-refractivity contribution in [3.8, 4) is 5.69 Å². The molecule has 8 nitrogen and oxygen atoms in total. The van der Waals surface area contributed by atoms with Crippen LogP contribution in [0.3, 0.4) is 0 Å². The van der Waals surface area contributed by atoms with Gasteiger partial charge in [-0.3, -0.25) is 24.1 Å². The molecule has 3 aromatic heterocycles. The summed E-state index contributed by atoms with van der Waals surface area (Å²) >= 11 is 0. The van der Waals surface area contributed by atoms with E-state index in [1.54, 1.807) is 10.7 Å². The Labute approximate surface area is 175 Å². The molecule has 30 heavy (non-hydrogen) atoms. The zero-order chi connectivity index (χ0) is 21.4. The minimum atomic E-state index is -0.466. The van der Waals surface area contributed by atoms with Gasteiger partial charge < -0.3 is 0 Å². The van der Waals surface area contributed by atoms with Crippen LogP contribution in [0.15, 0.2) is 46.4 Å². The van der Waals surface area contributed by atoms with Crippen LogP contribution in [-0.4, -0.2) is 60.7 Å². The van der Waals surface area contributed by atoms with Crippen LogP contribution in [0.4, 0.5) is 0 Å². The second kappa shape index (κ2) is 8.20. The fourth-order valence-corrected chi connectivity index (χ4v) is 4.54. The highest BCUT2D eigenvalue weighted by atomic mass is 16.2. The van der Waals surface area contributed by atoms with Crippen molar-refractivity contribution in [1.29, 1.82) is 0 Å². The van der Waals surface area contributed by atoms with E-state index in [1.807, 2.05) is 6.20 Å². The van der Waals surface area contributed by atoms with Gasteiger partial charge in [0.15, 0.2) is 0 Å². The van der Waals surface area contributed by atoms with Gasteiger partial charge in [-0.15, -0.1) is 0 Å². The first kappa shape index (κ1) is 20.6. The molecular weight excluding hydrogens is 380 g/mol. The van der Waals surface area contributed by atoms with Crippen molar-refractivity contribution in [2.45, 2.75) is 46.3 Å². The first-order valence-electron chi connectivity index (χ1n) is 10.6. The number of pyridine rings is 1.